The van der Waals surface area contributed by atoms with Gasteiger partial charge >= 0.3 is 5.97 Å². The van der Waals surface area contributed by atoms with E-state index in [4.69, 9.17) is 4.74 Å². The summed E-state index contributed by atoms with van der Waals surface area (Å²) in [7, 11) is 0. The molecule has 6 nitrogen and oxygen atoms in total. The Bertz CT molecular complexity index is 667. The minimum Gasteiger partial charge on any atom is -0.459 e. The van der Waals surface area contributed by atoms with Gasteiger partial charge in [0.1, 0.15) is 17.7 Å². The molecule has 0 aliphatic heterocycles. The second kappa shape index (κ2) is 4.96. The highest BCUT2D eigenvalue weighted by Gasteiger charge is 2.20. The lowest BCUT2D eigenvalue weighted by Crippen LogP contribution is -2.26. The molecule has 0 atom stereocenters. The predicted octanol–water partition coefficient (Wildman–Crippen LogP) is 2.89. The quantitative estimate of drug-likeness (QED) is 0.491. The molecule has 106 valence electrons. The molecule has 1 aromatic carbocycles. The number of nitrogens with zero attached hydrogens (tertiary/aromatic N) is 2. The van der Waals surface area contributed by atoms with Gasteiger partial charge in [-0.2, -0.15) is 0 Å². The number of esters is 1. The fourth-order valence-corrected chi connectivity index (χ4v) is 2.03. The van der Waals surface area contributed by atoms with Crippen molar-refractivity contribution in [2.24, 2.45) is 0 Å². The van der Waals surface area contributed by atoms with Gasteiger partial charge in [0.15, 0.2) is 0 Å². The molecule has 0 saturated heterocycles. The fraction of sp³-hybridized carbons (Fsp3) is 0.357. The zero-order valence-electron chi connectivity index (χ0n) is 11.6. The summed E-state index contributed by atoms with van der Waals surface area (Å²) in [6.45, 7) is 5.29. The highest BCUT2D eigenvalue weighted by molar-refractivity contribution is 5.89. The van der Waals surface area contributed by atoms with E-state index in [9.17, 15) is 14.9 Å². The molecule has 20 heavy (non-hydrogen) atoms. The van der Waals surface area contributed by atoms with Crippen LogP contribution in [0.4, 0.5) is 5.69 Å². The van der Waals surface area contributed by atoms with Gasteiger partial charge in [0.25, 0.3) is 5.69 Å². The van der Waals surface area contributed by atoms with Crippen molar-refractivity contribution in [1.29, 1.82) is 0 Å². The highest BCUT2D eigenvalue weighted by atomic mass is 16.6. The van der Waals surface area contributed by atoms with Crippen LogP contribution in [0.3, 0.4) is 0 Å². The van der Waals surface area contributed by atoms with Crippen molar-refractivity contribution in [3.05, 3.63) is 40.6 Å². The van der Waals surface area contributed by atoms with E-state index in [2.05, 4.69) is 0 Å². The normalized spacial score (nSPS) is 11.6. The van der Waals surface area contributed by atoms with Crippen LogP contribution in [0.25, 0.3) is 10.9 Å². The molecular weight excluding hydrogens is 260 g/mol. The van der Waals surface area contributed by atoms with E-state index in [0.717, 1.165) is 5.39 Å². The maximum Gasteiger partial charge on any atom is 0.326 e. The Kier molecular flexibility index (Phi) is 3.48. The molecule has 1 heterocycles. The number of nitro groups is 1. The maximum absolute atomic E-state index is 11.8. The zero-order valence-corrected chi connectivity index (χ0v) is 11.6. The standard InChI is InChI=1S/C14H16N2O4/c1-14(2,3)20-12(17)9-15-8-7-10-5-4-6-11(13(10)15)16(18)19/h4-8H,9H2,1-3H3. The van der Waals surface area contributed by atoms with Crippen LogP contribution >= 0.6 is 0 Å². The number of carbonyl (C=O) groups excluding carboxylic acids is 1. The molecule has 0 radical (unpaired) electrons. The second-order valence-electron chi connectivity index (χ2n) is 5.50. The third-order valence-corrected chi connectivity index (χ3v) is 2.68. The lowest BCUT2D eigenvalue weighted by atomic mass is 10.2. The minimum absolute atomic E-state index is 0.0175. The van der Waals surface area contributed by atoms with Crippen LogP contribution in [0.5, 0.6) is 0 Å². The number of non-ortho nitro benzene ring substituents is 1. The molecular formula is C14H16N2O4. The van der Waals surface area contributed by atoms with Crippen molar-refractivity contribution < 1.29 is 14.5 Å². The Labute approximate surface area is 116 Å². The van der Waals surface area contributed by atoms with Crippen molar-refractivity contribution in [3.8, 4) is 0 Å². The minimum atomic E-state index is -0.577. The van der Waals surface area contributed by atoms with Crippen molar-refractivity contribution >= 4 is 22.6 Å². The Hall–Kier alpha value is -2.37. The highest BCUT2D eigenvalue weighted by Crippen LogP contribution is 2.26. The molecule has 2 aromatic rings. The van der Waals surface area contributed by atoms with Crippen molar-refractivity contribution in [2.75, 3.05) is 0 Å². The van der Waals surface area contributed by atoms with E-state index in [0.29, 0.717) is 5.52 Å². The Morgan fingerprint density at radius 3 is 2.65 bits per heavy atom. The number of nitro benzene ring substituents is 1. The van der Waals surface area contributed by atoms with Crippen LogP contribution in [0.2, 0.25) is 0 Å². The number of fused-ring (bicyclic) bond motifs is 1. The van der Waals surface area contributed by atoms with Gasteiger partial charge in [0, 0.05) is 17.6 Å². The molecule has 0 aliphatic rings. The monoisotopic (exact) mass is 276 g/mol. The molecule has 6 heteroatoms. The molecule has 0 unspecified atom stereocenters. The van der Waals surface area contributed by atoms with Crippen LogP contribution in [0.15, 0.2) is 30.5 Å². The molecule has 0 fully saturated rings. The van der Waals surface area contributed by atoms with E-state index in [-0.39, 0.29) is 12.2 Å². The second-order valence-corrected chi connectivity index (χ2v) is 5.50. The summed E-state index contributed by atoms with van der Waals surface area (Å²) in [5, 5.41) is 11.8. The SMILES string of the molecule is CC(C)(C)OC(=O)Cn1ccc2cccc([N+](=O)[O-])c21. The molecule has 0 aliphatic carbocycles. The molecule has 2 rings (SSSR count). The number of benzene rings is 1. The summed E-state index contributed by atoms with van der Waals surface area (Å²) >= 11 is 0. The first kappa shape index (κ1) is 14.0. The largest absolute Gasteiger partial charge is 0.459 e. The van der Waals surface area contributed by atoms with E-state index < -0.39 is 16.5 Å². The van der Waals surface area contributed by atoms with Gasteiger partial charge in [-0.25, -0.2) is 0 Å². The fourth-order valence-electron chi connectivity index (χ4n) is 2.03. The number of aromatic nitrogens is 1. The maximum atomic E-state index is 11.8. The molecule has 0 N–H and O–H groups in total. The molecule has 0 amide bonds. The molecule has 0 spiro atoms. The van der Waals surface area contributed by atoms with Crippen LogP contribution in [0, 0.1) is 10.1 Å². The summed E-state index contributed by atoms with van der Waals surface area (Å²) in [6.07, 6.45) is 1.65. The number of hydrogen-bond acceptors (Lipinski definition) is 4. The van der Waals surface area contributed by atoms with Crippen LogP contribution in [0.1, 0.15) is 20.8 Å². The third kappa shape index (κ3) is 2.96. The van der Waals surface area contributed by atoms with E-state index in [1.165, 1.54) is 6.07 Å². The van der Waals surface area contributed by atoms with E-state index >= 15 is 0 Å². The number of rotatable bonds is 3. The first-order chi connectivity index (χ1) is 9.28. The van der Waals surface area contributed by atoms with Gasteiger partial charge in [0.05, 0.1) is 4.92 Å². The Morgan fingerprint density at radius 1 is 1.35 bits per heavy atom. The van der Waals surface area contributed by atoms with Gasteiger partial charge < -0.3 is 9.30 Å². The smallest absolute Gasteiger partial charge is 0.326 e. The number of para-hydroxylation sites is 1. The van der Waals surface area contributed by atoms with Gasteiger partial charge in [-0.1, -0.05) is 12.1 Å². The van der Waals surface area contributed by atoms with Crippen LogP contribution < -0.4 is 0 Å². The van der Waals surface area contributed by atoms with Crippen LogP contribution in [-0.2, 0) is 16.1 Å². The topological polar surface area (TPSA) is 74.4 Å². The Balaban J connectivity index is 2.36. The van der Waals surface area contributed by atoms with Gasteiger partial charge in [-0.05, 0) is 26.8 Å². The van der Waals surface area contributed by atoms with Gasteiger partial charge in [0.2, 0.25) is 0 Å². The summed E-state index contributed by atoms with van der Waals surface area (Å²) in [4.78, 5) is 22.4. The molecule has 1 aromatic heterocycles. The predicted molar refractivity (Wildman–Crippen MR) is 74.4 cm³/mol. The molecule has 0 saturated carbocycles. The summed E-state index contributed by atoms with van der Waals surface area (Å²) in [6, 6.07) is 6.56. The van der Waals surface area contributed by atoms with Gasteiger partial charge in [-0.15, -0.1) is 0 Å². The number of ether oxygens (including phenoxy) is 1. The lowest BCUT2D eigenvalue weighted by Gasteiger charge is -2.19. The Morgan fingerprint density at radius 2 is 2.05 bits per heavy atom. The van der Waals surface area contributed by atoms with E-state index in [1.807, 2.05) is 0 Å². The summed E-state index contributed by atoms with van der Waals surface area (Å²) in [5.41, 5.74) is -0.161. The van der Waals surface area contributed by atoms with Crippen molar-refractivity contribution in [1.82, 2.24) is 4.57 Å². The third-order valence-electron chi connectivity index (χ3n) is 2.68. The van der Waals surface area contributed by atoms with E-state index in [1.54, 1.807) is 49.7 Å². The van der Waals surface area contributed by atoms with Gasteiger partial charge in [-0.3, -0.25) is 14.9 Å². The average molecular weight is 276 g/mol. The lowest BCUT2D eigenvalue weighted by molar-refractivity contribution is -0.383. The van der Waals surface area contributed by atoms with Crippen LogP contribution in [-0.4, -0.2) is 21.1 Å². The summed E-state index contributed by atoms with van der Waals surface area (Å²) < 4.78 is 6.77. The number of hydrogen-bond donors (Lipinski definition) is 0. The first-order valence-corrected chi connectivity index (χ1v) is 6.22. The average Bonchev–Trinajstić information content (AvgIpc) is 2.69. The number of carbonyl (C=O) groups is 1. The van der Waals surface area contributed by atoms with Crippen molar-refractivity contribution in [2.45, 2.75) is 32.9 Å². The first-order valence-electron chi connectivity index (χ1n) is 6.22. The van der Waals surface area contributed by atoms with Crippen molar-refractivity contribution in [3.63, 3.8) is 0 Å². The molecule has 0 bridgehead atoms. The summed E-state index contributed by atoms with van der Waals surface area (Å²) in [5.74, 6) is -0.423. The zero-order chi connectivity index (χ0) is 14.9.